The second-order valence-corrected chi connectivity index (χ2v) is 12.6. The van der Waals surface area contributed by atoms with Gasteiger partial charge in [0, 0.05) is 69.9 Å². The molecule has 0 saturated carbocycles. The van der Waals surface area contributed by atoms with Crippen molar-refractivity contribution in [2.45, 2.75) is 57.8 Å². The van der Waals surface area contributed by atoms with Gasteiger partial charge in [0.1, 0.15) is 11.6 Å². The first-order valence-electron chi connectivity index (χ1n) is 16.0. The topological polar surface area (TPSA) is 87.6 Å². The predicted molar refractivity (Wildman–Crippen MR) is 173 cm³/mol. The van der Waals surface area contributed by atoms with Crippen LogP contribution in [0.1, 0.15) is 66.2 Å². The van der Waals surface area contributed by atoms with Gasteiger partial charge < -0.3 is 15.1 Å². The number of nitrogens with zero attached hydrogens (tertiary/aromatic N) is 4. The van der Waals surface area contributed by atoms with Crippen molar-refractivity contribution in [3.05, 3.63) is 101 Å². The lowest BCUT2D eigenvalue weighted by Crippen LogP contribution is -2.56. The largest absolute Gasteiger partial charge is 0.508 e. The highest BCUT2D eigenvalue weighted by atomic mass is 19.1. The molecule has 45 heavy (non-hydrogen) atoms. The number of carbonyl (C=O) groups excluding carboxylic acids is 1. The lowest BCUT2D eigenvalue weighted by molar-refractivity contribution is -0.137. The molecule has 2 aliphatic heterocycles. The van der Waals surface area contributed by atoms with E-state index in [0.29, 0.717) is 31.6 Å². The molecule has 3 aromatic rings. The van der Waals surface area contributed by atoms with E-state index in [2.05, 4.69) is 34.6 Å². The van der Waals surface area contributed by atoms with Gasteiger partial charge in [-0.1, -0.05) is 36.4 Å². The molecule has 0 aliphatic carbocycles. The highest BCUT2D eigenvalue weighted by Crippen LogP contribution is 2.35. The van der Waals surface area contributed by atoms with Crippen LogP contribution < -0.4 is 0 Å². The number of aromatic hydroxyl groups is 1. The van der Waals surface area contributed by atoms with Crippen LogP contribution in [0.25, 0.3) is 0 Å². The third-order valence-corrected chi connectivity index (χ3v) is 9.18. The molecule has 2 N–H and O–H groups in total. The summed E-state index contributed by atoms with van der Waals surface area (Å²) < 4.78 is 13.9. The quantitative estimate of drug-likeness (QED) is 0.286. The van der Waals surface area contributed by atoms with Crippen molar-refractivity contribution in [2.75, 3.05) is 45.8 Å². The van der Waals surface area contributed by atoms with Gasteiger partial charge in [0.2, 0.25) is 0 Å². The smallest absolute Gasteiger partial charge is 0.303 e. The van der Waals surface area contributed by atoms with Crippen molar-refractivity contribution in [1.82, 2.24) is 19.6 Å². The molecule has 0 aromatic heterocycles. The minimum absolute atomic E-state index is 0.0124. The maximum Gasteiger partial charge on any atom is 0.303 e. The minimum Gasteiger partial charge on any atom is -0.508 e. The number of unbranched alkanes of at least 4 members (excludes halogenated alkanes) is 1. The Hall–Kier alpha value is -3.79. The lowest BCUT2D eigenvalue weighted by Gasteiger charge is -2.47. The molecule has 3 atom stereocenters. The standard InChI is InChI=1S/C36H45FN4O4/c1-26-24-41(27(2)23-40(26)25-28-8-5-12-32(37)20-28)35(30-10-7-13-33(42)22-30)29-9-6-11-31(21-29)36(45)39-18-16-38(17-19-39)15-4-3-14-34(43)44/h5-13,20-22,26-27,35,42H,3-4,14-19,23-25H2,1-2H3,(H,43,44)/t26-,27+,35-/m1/s1. The number of aliphatic carboxylic acids is 1. The van der Waals surface area contributed by atoms with Gasteiger partial charge in [-0.3, -0.25) is 24.3 Å². The highest BCUT2D eigenvalue weighted by Gasteiger charge is 2.35. The zero-order chi connectivity index (χ0) is 31.9. The molecule has 0 spiro atoms. The molecule has 2 heterocycles. The third kappa shape index (κ3) is 8.48. The van der Waals surface area contributed by atoms with Crippen molar-refractivity contribution < 1.29 is 24.2 Å². The molecule has 3 aromatic carbocycles. The van der Waals surface area contributed by atoms with E-state index in [0.717, 1.165) is 55.8 Å². The van der Waals surface area contributed by atoms with E-state index in [1.54, 1.807) is 18.2 Å². The fraction of sp³-hybridized carbons (Fsp3) is 0.444. The molecule has 0 unspecified atom stereocenters. The fourth-order valence-electron chi connectivity index (χ4n) is 6.76. The number of carbonyl (C=O) groups is 2. The third-order valence-electron chi connectivity index (χ3n) is 9.18. The summed E-state index contributed by atoms with van der Waals surface area (Å²) in [5.74, 6) is -0.763. The number of piperazine rings is 2. The molecule has 0 bridgehead atoms. The summed E-state index contributed by atoms with van der Waals surface area (Å²) in [6.07, 6.45) is 1.70. The summed E-state index contributed by atoms with van der Waals surface area (Å²) in [6, 6.07) is 22.3. The Balaban J connectivity index is 1.31. The maximum absolute atomic E-state index is 13.9. The minimum atomic E-state index is -0.758. The molecule has 1 amide bonds. The molecule has 2 fully saturated rings. The van der Waals surface area contributed by atoms with Gasteiger partial charge in [0.15, 0.2) is 0 Å². The monoisotopic (exact) mass is 616 g/mol. The summed E-state index contributed by atoms with van der Waals surface area (Å²) in [6.45, 7) is 10.3. The first kappa shape index (κ1) is 32.6. The number of phenols is 1. The summed E-state index contributed by atoms with van der Waals surface area (Å²) >= 11 is 0. The molecule has 5 rings (SSSR count). The molecular formula is C36H45FN4O4. The summed E-state index contributed by atoms with van der Waals surface area (Å²) in [7, 11) is 0. The van der Waals surface area contributed by atoms with Gasteiger partial charge in [-0.2, -0.15) is 0 Å². The van der Waals surface area contributed by atoms with Crippen molar-refractivity contribution in [3.63, 3.8) is 0 Å². The Morgan fingerprint density at radius 3 is 2.29 bits per heavy atom. The van der Waals surface area contributed by atoms with Gasteiger partial charge in [-0.05, 0) is 86.3 Å². The van der Waals surface area contributed by atoms with Crippen LogP contribution in [0.2, 0.25) is 0 Å². The van der Waals surface area contributed by atoms with E-state index in [-0.39, 0.29) is 42.0 Å². The number of halogens is 1. The molecular weight excluding hydrogens is 571 g/mol. The predicted octanol–water partition coefficient (Wildman–Crippen LogP) is 5.23. The summed E-state index contributed by atoms with van der Waals surface area (Å²) in [5, 5.41) is 19.3. The lowest BCUT2D eigenvalue weighted by atomic mass is 9.92. The molecule has 8 nitrogen and oxygen atoms in total. The average molecular weight is 617 g/mol. The Morgan fingerprint density at radius 2 is 1.58 bits per heavy atom. The maximum atomic E-state index is 13.9. The van der Waals surface area contributed by atoms with Crippen LogP contribution >= 0.6 is 0 Å². The van der Waals surface area contributed by atoms with Crippen LogP contribution in [-0.4, -0.2) is 99.6 Å². The van der Waals surface area contributed by atoms with E-state index >= 15 is 0 Å². The number of rotatable bonds is 11. The highest BCUT2D eigenvalue weighted by molar-refractivity contribution is 5.94. The molecule has 0 radical (unpaired) electrons. The number of carboxylic acids is 1. The second-order valence-electron chi connectivity index (χ2n) is 12.6. The average Bonchev–Trinajstić information content (AvgIpc) is 3.02. The normalized spacial score (nSPS) is 20.6. The number of hydrogen-bond donors (Lipinski definition) is 2. The van der Waals surface area contributed by atoms with Crippen molar-refractivity contribution in [3.8, 4) is 5.75 Å². The van der Waals surface area contributed by atoms with Crippen molar-refractivity contribution >= 4 is 11.9 Å². The second kappa shape index (κ2) is 15.0. The Kier molecular flexibility index (Phi) is 10.9. The van der Waals surface area contributed by atoms with Gasteiger partial charge in [-0.25, -0.2) is 4.39 Å². The van der Waals surface area contributed by atoms with Crippen LogP contribution in [-0.2, 0) is 11.3 Å². The van der Waals surface area contributed by atoms with Gasteiger partial charge in [0.25, 0.3) is 5.91 Å². The molecule has 240 valence electrons. The number of amides is 1. The number of hydrogen-bond acceptors (Lipinski definition) is 6. The van der Waals surface area contributed by atoms with E-state index in [9.17, 15) is 19.1 Å². The van der Waals surface area contributed by atoms with E-state index < -0.39 is 5.97 Å². The van der Waals surface area contributed by atoms with Crippen LogP contribution in [0.4, 0.5) is 4.39 Å². The number of benzene rings is 3. The van der Waals surface area contributed by atoms with Crippen LogP contribution in [0.15, 0.2) is 72.8 Å². The van der Waals surface area contributed by atoms with Crippen molar-refractivity contribution in [2.24, 2.45) is 0 Å². The van der Waals surface area contributed by atoms with Crippen LogP contribution in [0.5, 0.6) is 5.75 Å². The SMILES string of the molecule is C[C@@H]1CN([C@@H](c2cccc(O)c2)c2cccc(C(=O)N3CCN(CCCCC(=O)O)CC3)c2)[C@@H](C)CN1Cc1cccc(F)c1. The van der Waals surface area contributed by atoms with E-state index in [1.165, 1.54) is 6.07 Å². The molecule has 2 aliphatic rings. The van der Waals surface area contributed by atoms with Gasteiger partial charge in [0.05, 0.1) is 6.04 Å². The van der Waals surface area contributed by atoms with E-state index in [4.69, 9.17) is 5.11 Å². The van der Waals surface area contributed by atoms with Gasteiger partial charge >= 0.3 is 5.97 Å². The number of carboxylic acid groups (broad SMARTS) is 1. The first-order valence-corrected chi connectivity index (χ1v) is 16.0. The number of phenolic OH excluding ortho intramolecular Hbond substituents is 1. The Bertz CT molecular complexity index is 1460. The summed E-state index contributed by atoms with van der Waals surface area (Å²) in [4.78, 5) is 33.5. The zero-order valence-electron chi connectivity index (χ0n) is 26.3. The van der Waals surface area contributed by atoms with E-state index in [1.807, 2.05) is 47.4 Å². The Labute approximate surface area is 265 Å². The molecule has 2 saturated heterocycles. The summed E-state index contributed by atoms with van der Waals surface area (Å²) in [5.41, 5.74) is 3.57. The van der Waals surface area contributed by atoms with Gasteiger partial charge in [-0.15, -0.1) is 0 Å². The first-order chi connectivity index (χ1) is 21.7. The zero-order valence-corrected chi connectivity index (χ0v) is 26.3. The molecule has 9 heteroatoms. The Morgan fingerprint density at radius 1 is 0.867 bits per heavy atom. The van der Waals surface area contributed by atoms with Crippen molar-refractivity contribution in [1.29, 1.82) is 0 Å². The van der Waals surface area contributed by atoms with Crippen LogP contribution in [0.3, 0.4) is 0 Å². The van der Waals surface area contributed by atoms with Crippen LogP contribution in [0, 0.1) is 5.82 Å². The fourth-order valence-corrected chi connectivity index (χ4v) is 6.76.